The van der Waals surface area contributed by atoms with Crippen molar-refractivity contribution in [1.82, 2.24) is 5.32 Å². The second-order valence-corrected chi connectivity index (χ2v) is 6.99. The summed E-state index contributed by atoms with van der Waals surface area (Å²) in [5, 5.41) is 3.17. The van der Waals surface area contributed by atoms with Crippen molar-refractivity contribution in [2.45, 2.75) is 76.7 Å². The number of amides is 1. The number of hydrogen-bond acceptors (Lipinski definition) is 3. The zero-order valence-corrected chi connectivity index (χ0v) is 15.6. The van der Waals surface area contributed by atoms with Crippen LogP contribution in [-0.2, 0) is 4.79 Å². The topological polar surface area (TPSA) is 47.6 Å². The highest BCUT2D eigenvalue weighted by Gasteiger charge is 2.13. The Labute approximate surface area is 152 Å². The molecule has 1 aromatic carbocycles. The molecule has 25 heavy (non-hydrogen) atoms. The minimum absolute atomic E-state index is 0.0279. The quantitative estimate of drug-likeness (QED) is 0.827. The summed E-state index contributed by atoms with van der Waals surface area (Å²) < 4.78 is 10.8. The van der Waals surface area contributed by atoms with Gasteiger partial charge in [0.2, 0.25) is 0 Å². The minimum atomic E-state index is -0.0279. The van der Waals surface area contributed by atoms with Crippen molar-refractivity contribution in [2.75, 3.05) is 13.7 Å². The van der Waals surface area contributed by atoms with Crippen molar-refractivity contribution in [2.24, 2.45) is 0 Å². The first-order chi connectivity index (χ1) is 12.3. The van der Waals surface area contributed by atoms with Gasteiger partial charge in [-0.2, -0.15) is 0 Å². The van der Waals surface area contributed by atoms with Crippen LogP contribution in [0.1, 0.15) is 70.6 Å². The monoisotopic (exact) mass is 347 g/mol. The normalized spacial score (nSPS) is 17.8. The maximum atomic E-state index is 12.2. The molecule has 0 bridgehead atoms. The highest BCUT2D eigenvalue weighted by atomic mass is 16.5. The van der Waals surface area contributed by atoms with E-state index in [1.165, 1.54) is 57.8 Å². The Balaban J connectivity index is 1.75. The third kappa shape index (κ3) is 8.28. The van der Waals surface area contributed by atoms with Crippen LogP contribution in [0.2, 0.25) is 0 Å². The Morgan fingerprint density at radius 1 is 0.960 bits per heavy atom. The minimum Gasteiger partial charge on any atom is -0.497 e. The highest BCUT2D eigenvalue weighted by Crippen LogP contribution is 2.19. The average molecular weight is 347 g/mol. The summed E-state index contributed by atoms with van der Waals surface area (Å²) in [7, 11) is 1.62. The molecule has 0 unspecified atom stereocenters. The van der Waals surface area contributed by atoms with Gasteiger partial charge in [-0.05, 0) is 25.0 Å². The van der Waals surface area contributed by atoms with E-state index >= 15 is 0 Å². The average Bonchev–Trinajstić information content (AvgIpc) is 2.62. The predicted octanol–water partition coefficient (Wildman–Crippen LogP) is 4.86. The maximum Gasteiger partial charge on any atom is 0.258 e. The van der Waals surface area contributed by atoms with E-state index in [1.54, 1.807) is 13.2 Å². The smallest absolute Gasteiger partial charge is 0.258 e. The number of carbonyl (C=O) groups excluding carboxylic acids is 1. The lowest BCUT2D eigenvalue weighted by Gasteiger charge is -2.19. The van der Waals surface area contributed by atoms with Crippen LogP contribution in [0.15, 0.2) is 24.3 Å². The SMILES string of the molecule is COc1cccc(OCC(=O)NC2CCCCCCCCCCC2)c1. The van der Waals surface area contributed by atoms with Crippen molar-refractivity contribution in [3.05, 3.63) is 24.3 Å². The molecular weight excluding hydrogens is 314 g/mol. The Hall–Kier alpha value is -1.71. The third-order valence-electron chi connectivity index (χ3n) is 4.88. The summed E-state index contributed by atoms with van der Waals surface area (Å²) >= 11 is 0. The zero-order chi connectivity index (χ0) is 17.7. The fraction of sp³-hybridized carbons (Fsp3) is 0.667. The van der Waals surface area contributed by atoms with Crippen LogP contribution < -0.4 is 14.8 Å². The molecule has 4 heteroatoms. The van der Waals surface area contributed by atoms with Gasteiger partial charge in [0, 0.05) is 12.1 Å². The largest absolute Gasteiger partial charge is 0.497 e. The number of benzene rings is 1. The van der Waals surface area contributed by atoms with Crippen LogP contribution in [0, 0.1) is 0 Å². The van der Waals surface area contributed by atoms with Crippen molar-refractivity contribution < 1.29 is 14.3 Å². The van der Waals surface area contributed by atoms with E-state index in [0.717, 1.165) is 18.6 Å². The molecule has 0 heterocycles. The number of ether oxygens (including phenoxy) is 2. The molecule has 0 atom stereocenters. The van der Waals surface area contributed by atoms with Crippen LogP contribution in [0.4, 0.5) is 0 Å². The van der Waals surface area contributed by atoms with Crippen molar-refractivity contribution in [1.29, 1.82) is 0 Å². The summed E-state index contributed by atoms with van der Waals surface area (Å²) in [6, 6.07) is 7.65. The molecule has 1 aliphatic carbocycles. The van der Waals surface area contributed by atoms with Gasteiger partial charge in [-0.15, -0.1) is 0 Å². The number of rotatable bonds is 5. The van der Waals surface area contributed by atoms with Crippen LogP contribution in [-0.4, -0.2) is 25.7 Å². The molecule has 1 fully saturated rings. The molecule has 4 nitrogen and oxygen atoms in total. The lowest BCUT2D eigenvalue weighted by atomic mass is 9.98. The molecule has 1 amide bonds. The summed E-state index contributed by atoms with van der Waals surface area (Å²) in [6.45, 7) is 0.0592. The molecule has 1 saturated carbocycles. The molecule has 1 N–H and O–H groups in total. The number of methoxy groups -OCH3 is 1. The van der Waals surface area contributed by atoms with Gasteiger partial charge in [0.05, 0.1) is 7.11 Å². The Morgan fingerprint density at radius 2 is 1.52 bits per heavy atom. The molecule has 0 aliphatic heterocycles. The summed E-state index contributed by atoms with van der Waals surface area (Å²) in [4.78, 5) is 12.2. The number of carbonyl (C=O) groups is 1. The van der Waals surface area contributed by atoms with Crippen LogP contribution in [0.5, 0.6) is 11.5 Å². The van der Waals surface area contributed by atoms with Crippen molar-refractivity contribution >= 4 is 5.91 Å². The molecule has 2 rings (SSSR count). The van der Waals surface area contributed by atoms with Gasteiger partial charge in [0.15, 0.2) is 6.61 Å². The third-order valence-corrected chi connectivity index (χ3v) is 4.88. The zero-order valence-electron chi connectivity index (χ0n) is 15.6. The van der Waals surface area contributed by atoms with Gasteiger partial charge in [0.1, 0.15) is 11.5 Å². The van der Waals surface area contributed by atoms with E-state index in [4.69, 9.17) is 9.47 Å². The van der Waals surface area contributed by atoms with Crippen molar-refractivity contribution in [3.8, 4) is 11.5 Å². The fourth-order valence-electron chi connectivity index (χ4n) is 3.42. The lowest BCUT2D eigenvalue weighted by Crippen LogP contribution is -2.38. The summed E-state index contributed by atoms with van der Waals surface area (Å²) in [6.07, 6.45) is 14.0. The van der Waals surface area contributed by atoms with E-state index < -0.39 is 0 Å². The molecule has 1 aliphatic rings. The van der Waals surface area contributed by atoms with E-state index in [0.29, 0.717) is 11.8 Å². The van der Waals surface area contributed by atoms with Gasteiger partial charge in [-0.1, -0.05) is 63.9 Å². The van der Waals surface area contributed by atoms with E-state index in [9.17, 15) is 4.79 Å². The summed E-state index contributed by atoms with van der Waals surface area (Å²) in [5.41, 5.74) is 0. The van der Waals surface area contributed by atoms with E-state index in [1.807, 2.05) is 18.2 Å². The van der Waals surface area contributed by atoms with Crippen molar-refractivity contribution in [3.63, 3.8) is 0 Å². The standard InChI is InChI=1S/C21H33NO3/c1-24-19-14-11-15-20(16-19)25-17-21(23)22-18-12-9-7-5-3-2-4-6-8-10-13-18/h11,14-16,18H,2-10,12-13,17H2,1H3,(H,22,23). The Bertz CT molecular complexity index is 492. The van der Waals surface area contributed by atoms with Gasteiger partial charge >= 0.3 is 0 Å². The second-order valence-electron chi connectivity index (χ2n) is 6.99. The Kier molecular flexibility index (Phi) is 9.24. The first-order valence-electron chi connectivity index (χ1n) is 9.84. The summed E-state index contributed by atoms with van der Waals surface area (Å²) in [5.74, 6) is 1.37. The lowest BCUT2D eigenvalue weighted by molar-refractivity contribution is -0.123. The molecular formula is C21H33NO3. The Morgan fingerprint density at radius 3 is 2.12 bits per heavy atom. The van der Waals surface area contributed by atoms with Crippen LogP contribution >= 0.6 is 0 Å². The fourth-order valence-corrected chi connectivity index (χ4v) is 3.42. The molecule has 140 valence electrons. The first kappa shape index (κ1) is 19.6. The van der Waals surface area contributed by atoms with Gasteiger partial charge in [0.25, 0.3) is 5.91 Å². The first-order valence-corrected chi connectivity index (χ1v) is 9.84. The highest BCUT2D eigenvalue weighted by molar-refractivity contribution is 5.77. The predicted molar refractivity (Wildman–Crippen MR) is 101 cm³/mol. The maximum absolute atomic E-state index is 12.2. The van der Waals surface area contributed by atoms with Gasteiger partial charge in [-0.25, -0.2) is 0 Å². The van der Waals surface area contributed by atoms with E-state index in [2.05, 4.69) is 5.32 Å². The second kappa shape index (κ2) is 11.8. The molecule has 0 saturated heterocycles. The van der Waals surface area contributed by atoms with Crippen LogP contribution in [0.25, 0.3) is 0 Å². The number of nitrogens with one attached hydrogen (secondary N) is 1. The molecule has 0 spiro atoms. The molecule has 0 aromatic heterocycles. The van der Waals surface area contributed by atoms with Gasteiger partial charge in [-0.3, -0.25) is 4.79 Å². The molecule has 1 aromatic rings. The van der Waals surface area contributed by atoms with E-state index in [-0.39, 0.29) is 12.5 Å². The van der Waals surface area contributed by atoms with Gasteiger partial charge < -0.3 is 14.8 Å². The van der Waals surface area contributed by atoms with Crippen LogP contribution in [0.3, 0.4) is 0 Å². The number of hydrogen-bond donors (Lipinski definition) is 1. The molecule has 0 radical (unpaired) electrons.